The smallest absolute Gasteiger partial charge is 0.255 e. The summed E-state index contributed by atoms with van der Waals surface area (Å²) in [7, 11) is -2.22. The molecule has 0 atom stereocenters. The topological polar surface area (TPSA) is 88.4 Å². The normalized spacial score (nSPS) is 11.5. The van der Waals surface area contributed by atoms with Gasteiger partial charge in [-0.3, -0.25) is 9.52 Å². The first-order valence-corrected chi connectivity index (χ1v) is 14.1. The molecular formula is C31H27FN2O4S. The molecule has 0 spiro atoms. The van der Waals surface area contributed by atoms with Crippen molar-refractivity contribution in [2.45, 2.75) is 13.3 Å². The first-order chi connectivity index (χ1) is 18.7. The molecule has 6 nitrogen and oxygen atoms in total. The lowest BCUT2D eigenvalue weighted by atomic mass is 9.99. The maximum Gasteiger partial charge on any atom is 0.255 e. The average Bonchev–Trinajstić information content (AvgIpc) is 3.31. The van der Waals surface area contributed by atoms with E-state index in [2.05, 4.69) is 10.0 Å². The van der Waals surface area contributed by atoms with E-state index in [1.807, 2.05) is 61.5 Å². The largest absolute Gasteiger partial charge is 0.455 e. The van der Waals surface area contributed by atoms with E-state index in [0.717, 1.165) is 16.7 Å². The molecule has 0 aliphatic rings. The second kappa shape index (κ2) is 10.7. The van der Waals surface area contributed by atoms with Crippen LogP contribution in [0.2, 0.25) is 0 Å². The molecule has 0 saturated heterocycles. The molecule has 1 heterocycles. The average molecular weight is 543 g/mol. The molecule has 0 radical (unpaired) electrons. The fraction of sp³-hybridized carbons (Fsp3) is 0.129. The van der Waals surface area contributed by atoms with Crippen molar-refractivity contribution in [1.82, 2.24) is 5.32 Å². The van der Waals surface area contributed by atoms with Crippen molar-refractivity contribution in [2.75, 3.05) is 17.5 Å². The highest BCUT2D eigenvalue weighted by atomic mass is 32.2. The molecule has 1 amide bonds. The summed E-state index contributed by atoms with van der Waals surface area (Å²) in [5, 5.41) is 3.15. The van der Waals surface area contributed by atoms with E-state index in [1.165, 1.54) is 31.3 Å². The highest BCUT2D eigenvalue weighted by Crippen LogP contribution is 2.40. The van der Waals surface area contributed by atoms with Gasteiger partial charge in [-0.25, -0.2) is 12.8 Å². The maximum absolute atomic E-state index is 13.6. The number of sulfonamides is 1. The van der Waals surface area contributed by atoms with Crippen molar-refractivity contribution in [1.29, 1.82) is 0 Å². The monoisotopic (exact) mass is 542 g/mol. The zero-order chi connectivity index (χ0) is 27.6. The zero-order valence-corrected chi connectivity index (χ0v) is 22.3. The van der Waals surface area contributed by atoms with Gasteiger partial charge in [0.05, 0.1) is 17.0 Å². The number of fused-ring (bicyclic) bond motifs is 1. The molecule has 0 bridgehead atoms. The molecule has 1 aromatic heterocycles. The Morgan fingerprint density at radius 2 is 1.59 bits per heavy atom. The number of amides is 1. The molecule has 5 aromatic rings. The predicted octanol–water partition coefficient (Wildman–Crippen LogP) is 6.56. The van der Waals surface area contributed by atoms with Crippen LogP contribution in [0.4, 0.5) is 10.1 Å². The van der Waals surface area contributed by atoms with Crippen LogP contribution in [0, 0.1) is 12.7 Å². The summed E-state index contributed by atoms with van der Waals surface area (Å²) in [6, 6.07) is 26.1. The molecule has 8 heteroatoms. The molecule has 0 fully saturated rings. The molecular weight excluding hydrogens is 515 g/mol. The summed E-state index contributed by atoms with van der Waals surface area (Å²) in [6.07, 6.45) is 0.356. The number of furan rings is 1. The van der Waals surface area contributed by atoms with E-state index in [9.17, 15) is 17.6 Å². The van der Waals surface area contributed by atoms with Crippen LogP contribution in [0.1, 0.15) is 21.5 Å². The zero-order valence-electron chi connectivity index (χ0n) is 21.5. The molecule has 0 unspecified atom stereocenters. The number of carbonyl (C=O) groups excluding carboxylic acids is 1. The van der Waals surface area contributed by atoms with Crippen molar-refractivity contribution < 1.29 is 22.0 Å². The fourth-order valence-electron chi connectivity index (χ4n) is 4.46. The summed E-state index contributed by atoms with van der Waals surface area (Å²) < 4.78 is 48.9. The highest BCUT2D eigenvalue weighted by Gasteiger charge is 2.24. The van der Waals surface area contributed by atoms with Crippen LogP contribution in [0.15, 0.2) is 95.4 Å². The molecule has 5 rings (SSSR count). The lowest BCUT2D eigenvalue weighted by Gasteiger charge is -2.14. The van der Waals surface area contributed by atoms with Gasteiger partial charge in [0.2, 0.25) is 10.0 Å². The summed E-state index contributed by atoms with van der Waals surface area (Å²) in [5.41, 5.74) is 4.86. The summed E-state index contributed by atoms with van der Waals surface area (Å²) in [5.74, 6) is -0.628. The first-order valence-electron chi connectivity index (χ1n) is 12.4. The Kier molecular flexibility index (Phi) is 7.21. The van der Waals surface area contributed by atoms with Gasteiger partial charge in [0.25, 0.3) is 5.91 Å². The van der Waals surface area contributed by atoms with Gasteiger partial charge in [-0.1, -0.05) is 60.2 Å². The Bertz CT molecular complexity index is 1750. The number of halogens is 1. The third-order valence-corrected chi connectivity index (χ3v) is 7.79. The summed E-state index contributed by atoms with van der Waals surface area (Å²) >= 11 is 0. The third kappa shape index (κ3) is 5.71. The molecule has 0 aliphatic carbocycles. The van der Waals surface area contributed by atoms with E-state index < -0.39 is 15.8 Å². The Morgan fingerprint density at radius 1 is 0.897 bits per heavy atom. The van der Waals surface area contributed by atoms with Crippen LogP contribution in [0.5, 0.6) is 0 Å². The molecule has 39 heavy (non-hydrogen) atoms. The third-order valence-electron chi connectivity index (χ3n) is 6.52. The number of aryl methyl sites for hydroxylation is 2. The van der Waals surface area contributed by atoms with Crippen molar-refractivity contribution in [3.63, 3.8) is 0 Å². The number of hydrogen-bond acceptors (Lipinski definition) is 4. The SMILES string of the molecule is CNC(=O)c1c(-c2ccc(F)cc2)oc2cc(NS(=O)(=O)CCc3ccc(C)cc3)c(-c3ccccc3)cc12. The van der Waals surface area contributed by atoms with Crippen LogP contribution < -0.4 is 10.0 Å². The Balaban J connectivity index is 1.61. The number of hydrogen-bond donors (Lipinski definition) is 2. The summed E-state index contributed by atoms with van der Waals surface area (Å²) in [6.45, 7) is 1.98. The second-order valence-electron chi connectivity index (χ2n) is 9.31. The standard InChI is InChI=1S/C31H27FN2O4S/c1-20-8-10-21(11-9-20)16-17-39(36,37)34-27-19-28-26(18-25(27)22-6-4-3-5-7-22)29(31(35)33-2)30(38-28)23-12-14-24(32)15-13-23/h3-15,18-19,34H,16-17H2,1-2H3,(H,33,35). The first kappa shape index (κ1) is 26.2. The molecule has 4 aromatic carbocycles. The van der Waals surface area contributed by atoms with Crippen LogP contribution >= 0.6 is 0 Å². The number of anilines is 1. The van der Waals surface area contributed by atoms with Crippen LogP contribution in [-0.2, 0) is 16.4 Å². The van der Waals surface area contributed by atoms with E-state index >= 15 is 0 Å². The minimum Gasteiger partial charge on any atom is -0.455 e. The number of nitrogens with one attached hydrogen (secondary N) is 2. The summed E-state index contributed by atoms with van der Waals surface area (Å²) in [4.78, 5) is 13.0. The molecule has 0 aliphatic heterocycles. The van der Waals surface area contributed by atoms with Crippen LogP contribution in [0.3, 0.4) is 0 Å². The van der Waals surface area contributed by atoms with Gasteiger partial charge in [-0.15, -0.1) is 0 Å². The molecule has 0 saturated carbocycles. The Labute approximate surface area is 226 Å². The molecule has 2 N–H and O–H groups in total. The Morgan fingerprint density at radius 3 is 2.26 bits per heavy atom. The molecule has 198 valence electrons. The van der Waals surface area contributed by atoms with E-state index in [-0.39, 0.29) is 23.0 Å². The van der Waals surface area contributed by atoms with Crippen LogP contribution in [0.25, 0.3) is 33.4 Å². The van der Waals surface area contributed by atoms with E-state index in [4.69, 9.17) is 4.42 Å². The number of benzene rings is 4. The van der Waals surface area contributed by atoms with Gasteiger partial charge in [0.1, 0.15) is 17.2 Å². The highest BCUT2D eigenvalue weighted by molar-refractivity contribution is 7.92. The van der Waals surface area contributed by atoms with Crippen molar-refractivity contribution in [3.05, 3.63) is 114 Å². The van der Waals surface area contributed by atoms with E-state index in [0.29, 0.717) is 34.2 Å². The van der Waals surface area contributed by atoms with Gasteiger partial charge in [-0.2, -0.15) is 0 Å². The lowest BCUT2D eigenvalue weighted by Crippen LogP contribution is -2.19. The minimum absolute atomic E-state index is 0.106. The second-order valence-corrected chi connectivity index (χ2v) is 11.2. The minimum atomic E-state index is -3.74. The fourth-order valence-corrected chi connectivity index (χ4v) is 5.57. The van der Waals surface area contributed by atoms with Gasteiger partial charge < -0.3 is 9.73 Å². The Hall–Kier alpha value is -4.43. The van der Waals surface area contributed by atoms with Crippen molar-refractivity contribution in [2.24, 2.45) is 0 Å². The van der Waals surface area contributed by atoms with Crippen LogP contribution in [-0.4, -0.2) is 27.1 Å². The lowest BCUT2D eigenvalue weighted by molar-refractivity contribution is 0.0964. The quantitative estimate of drug-likeness (QED) is 0.233. The predicted molar refractivity (Wildman–Crippen MR) is 153 cm³/mol. The van der Waals surface area contributed by atoms with Crippen molar-refractivity contribution >= 4 is 32.6 Å². The van der Waals surface area contributed by atoms with Gasteiger partial charge >= 0.3 is 0 Å². The van der Waals surface area contributed by atoms with Gasteiger partial charge in [-0.05, 0) is 54.8 Å². The number of carbonyl (C=O) groups is 1. The van der Waals surface area contributed by atoms with Gasteiger partial charge in [0, 0.05) is 29.6 Å². The van der Waals surface area contributed by atoms with E-state index in [1.54, 1.807) is 12.1 Å². The maximum atomic E-state index is 13.6. The van der Waals surface area contributed by atoms with Gasteiger partial charge in [0.15, 0.2) is 0 Å². The van der Waals surface area contributed by atoms with Crippen molar-refractivity contribution in [3.8, 4) is 22.5 Å². The number of rotatable bonds is 8.